The molecule has 0 saturated heterocycles. The molecule has 11 heteroatoms. The zero-order chi connectivity index (χ0) is 19.5. The van der Waals surface area contributed by atoms with E-state index in [4.69, 9.17) is 0 Å². The Kier molecular flexibility index (Phi) is 5.81. The van der Waals surface area contributed by atoms with Crippen LogP contribution in [0.1, 0.15) is 17.4 Å². The number of pyridine rings is 1. The number of nitrogens with one attached hydrogen (secondary N) is 1. The molecule has 2 N–H and O–H groups in total. The fourth-order valence-corrected chi connectivity index (χ4v) is 3.29. The number of hydrogen-bond donors (Lipinski definition) is 2. The molecule has 0 aliphatic carbocycles. The highest BCUT2D eigenvalue weighted by Crippen LogP contribution is 2.34. The summed E-state index contributed by atoms with van der Waals surface area (Å²) in [4.78, 5) is 15.2. The van der Waals surface area contributed by atoms with E-state index in [0.29, 0.717) is 17.2 Å². The van der Waals surface area contributed by atoms with Crippen molar-refractivity contribution in [3.63, 3.8) is 0 Å². The fourth-order valence-electron chi connectivity index (χ4n) is 1.87. The average molecular weight is 406 g/mol. The number of alkyl halides is 3. The molecule has 0 aliphatic heterocycles. The monoisotopic (exact) mass is 406 g/mol. The Morgan fingerprint density at radius 2 is 1.96 bits per heavy atom. The van der Waals surface area contributed by atoms with Gasteiger partial charge in [0.25, 0.3) is 15.7 Å². The van der Waals surface area contributed by atoms with Crippen LogP contribution in [0.15, 0.2) is 46.3 Å². The highest BCUT2D eigenvalue weighted by molar-refractivity contribution is 7.99. The van der Waals surface area contributed by atoms with Crippen LogP contribution in [-0.4, -0.2) is 35.7 Å². The lowest BCUT2D eigenvalue weighted by atomic mass is 10.2. The summed E-state index contributed by atoms with van der Waals surface area (Å²) in [5.74, 6) is -0.671. The van der Waals surface area contributed by atoms with Crippen molar-refractivity contribution in [1.29, 1.82) is 0 Å². The van der Waals surface area contributed by atoms with Gasteiger partial charge in [-0.15, -0.1) is 11.8 Å². The topological polar surface area (TPSA) is 96.4 Å². The molecule has 0 bridgehead atoms. The number of phenolic OH excluding ortho intramolecular Hbond substituents is 1. The van der Waals surface area contributed by atoms with Gasteiger partial charge in [0.2, 0.25) is 0 Å². The third kappa shape index (κ3) is 4.28. The summed E-state index contributed by atoms with van der Waals surface area (Å²) in [5, 5.41) is 12.5. The third-order valence-electron chi connectivity index (χ3n) is 3.08. The molecule has 26 heavy (non-hydrogen) atoms. The standard InChI is InChI=1S/C15H13F3N2O4S2/c1-2-25-13-5-3-4-10(19-13)14(22)20-11-8-9(6-7-12(11)21)26(23,24)15(16,17)18/h3-8,21H,2H2,1H3,(H,20,22). The Hall–Kier alpha value is -2.27. The first-order valence-electron chi connectivity index (χ1n) is 7.12. The van der Waals surface area contributed by atoms with Crippen LogP contribution in [0.5, 0.6) is 5.75 Å². The second-order valence-corrected chi connectivity index (χ2v) is 8.10. The first kappa shape index (κ1) is 20.0. The first-order chi connectivity index (χ1) is 12.1. The van der Waals surface area contributed by atoms with Crippen molar-refractivity contribution in [2.24, 2.45) is 0 Å². The van der Waals surface area contributed by atoms with E-state index in [9.17, 15) is 31.5 Å². The number of aromatic hydroxyl groups is 1. The molecule has 2 rings (SSSR count). The minimum Gasteiger partial charge on any atom is -0.506 e. The highest BCUT2D eigenvalue weighted by atomic mass is 32.2. The number of thioether (sulfide) groups is 1. The predicted octanol–water partition coefficient (Wildman–Crippen LogP) is 3.45. The summed E-state index contributed by atoms with van der Waals surface area (Å²) in [6.07, 6.45) is 0. The van der Waals surface area contributed by atoms with Crippen molar-refractivity contribution >= 4 is 33.2 Å². The third-order valence-corrected chi connectivity index (χ3v) is 5.38. The lowest BCUT2D eigenvalue weighted by Gasteiger charge is -2.12. The van der Waals surface area contributed by atoms with Gasteiger partial charge >= 0.3 is 5.51 Å². The number of aromatic nitrogens is 1. The normalized spacial score (nSPS) is 12.0. The molecule has 0 unspecified atom stereocenters. The average Bonchev–Trinajstić information content (AvgIpc) is 2.56. The minimum atomic E-state index is -5.61. The Morgan fingerprint density at radius 1 is 1.27 bits per heavy atom. The number of nitrogens with zero attached hydrogens (tertiary/aromatic N) is 1. The molecule has 1 aromatic carbocycles. The van der Waals surface area contributed by atoms with E-state index in [-0.39, 0.29) is 5.69 Å². The van der Waals surface area contributed by atoms with Gasteiger partial charge in [-0.25, -0.2) is 13.4 Å². The minimum absolute atomic E-state index is 0.0352. The van der Waals surface area contributed by atoms with Crippen molar-refractivity contribution in [2.75, 3.05) is 11.1 Å². The molecule has 140 valence electrons. The molecule has 0 atom stereocenters. The van der Waals surface area contributed by atoms with Crippen LogP contribution in [-0.2, 0) is 9.84 Å². The van der Waals surface area contributed by atoms with Gasteiger partial charge in [-0.2, -0.15) is 13.2 Å². The van der Waals surface area contributed by atoms with Crippen LogP contribution in [0, 0.1) is 0 Å². The van der Waals surface area contributed by atoms with Crippen molar-refractivity contribution in [1.82, 2.24) is 4.98 Å². The quantitative estimate of drug-likeness (QED) is 0.583. The molecule has 1 aromatic heterocycles. The predicted molar refractivity (Wildman–Crippen MR) is 89.9 cm³/mol. The van der Waals surface area contributed by atoms with Crippen LogP contribution < -0.4 is 5.32 Å². The van der Waals surface area contributed by atoms with Gasteiger partial charge in [-0.3, -0.25) is 4.79 Å². The van der Waals surface area contributed by atoms with Gasteiger partial charge in [0.05, 0.1) is 15.6 Å². The molecule has 1 amide bonds. The van der Waals surface area contributed by atoms with Gasteiger partial charge in [0.1, 0.15) is 11.4 Å². The van der Waals surface area contributed by atoms with Gasteiger partial charge in [-0.1, -0.05) is 13.0 Å². The number of rotatable bonds is 5. The highest BCUT2D eigenvalue weighted by Gasteiger charge is 2.47. The summed E-state index contributed by atoms with van der Waals surface area (Å²) < 4.78 is 60.8. The largest absolute Gasteiger partial charge is 0.506 e. The zero-order valence-corrected chi connectivity index (χ0v) is 14.9. The zero-order valence-electron chi connectivity index (χ0n) is 13.2. The second-order valence-electron chi connectivity index (χ2n) is 4.88. The van der Waals surface area contributed by atoms with Crippen LogP contribution in [0.25, 0.3) is 0 Å². The maximum absolute atomic E-state index is 12.6. The summed E-state index contributed by atoms with van der Waals surface area (Å²) in [7, 11) is -5.61. The smallest absolute Gasteiger partial charge is 0.501 e. The second kappa shape index (κ2) is 7.54. The lowest BCUT2D eigenvalue weighted by Crippen LogP contribution is -2.23. The van der Waals surface area contributed by atoms with E-state index in [0.717, 1.165) is 11.8 Å². The Bertz CT molecular complexity index is 931. The van der Waals surface area contributed by atoms with E-state index in [1.807, 2.05) is 6.92 Å². The van der Waals surface area contributed by atoms with E-state index in [1.54, 1.807) is 12.1 Å². The first-order valence-corrected chi connectivity index (χ1v) is 9.58. The van der Waals surface area contributed by atoms with Gasteiger partial charge in [0, 0.05) is 0 Å². The maximum atomic E-state index is 12.6. The Labute approximate surface area is 151 Å². The number of phenols is 1. The fraction of sp³-hybridized carbons (Fsp3) is 0.200. The van der Waals surface area contributed by atoms with Crippen LogP contribution in [0.4, 0.5) is 18.9 Å². The molecule has 0 radical (unpaired) electrons. The summed E-state index contributed by atoms with van der Waals surface area (Å²) in [6.45, 7) is 1.89. The molecule has 6 nitrogen and oxygen atoms in total. The van der Waals surface area contributed by atoms with Crippen molar-refractivity contribution in [3.8, 4) is 5.75 Å². The molecule has 0 saturated carbocycles. The Morgan fingerprint density at radius 3 is 2.58 bits per heavy atom. The number of amides is 1. The SMILES string of the molecule is CCSc1cccc(C(=O)Nc2cc(S(=O)(=O)C(F)(F)F)ccc2O)n1. The summed E-state index contributed by atoms with van der Waals surface area (Å²) in [6, 6.07) is 6.53. The lowest BCUT2D eigenvalue weighted by molar-refractivity contribution is -0.0436. The summed E-state index contributed by atoms with van der Waals surface area (Å²) in [5.41, 5.74) is -6.01. The number of hydrogen-bond acceptors (Lipinski definition) is 6. The van der Waals surface area contributed by atoms with Gasteiger partial charge < -0.3 is 10.4 Å². The molecule has 2 aromatic rings. The van der Waals surface area contributed by atoms with Crippen LogP contribution in [0.3, 0.4) is 0 Å². The van der Waals surface area contributed by atoms with E-state index >= 15 is 0 Å². The Balaban J connectivity index is 2.34. The van der Waals surface area contributed by atoms with Crippen molar-refractivity contribution < 1.29 is 31.5 Å². The number of benzene rings is 1. The van der Waals surface area contributed by atoms with Crippen molar-refractivity contribution in [2.45, 2.75) is 22.4 Å². The van der Waals surface area contributed by atoms with Gasteiger partial charge in [0.15, 0.2) is 0 Å². The molecule has 1 heterocycles. The number of sulfone groups is 1. The molecular formula is C15H13F3N2O4S2. The molecular weight excluding hydrogens is 393 g/mol. The van der Waals surface area contributed by atoms with Crippen molar-refractivity contribution in [3.05, 3.63) is 42.1 Å². The van der Waals surface area contributed by atoms with E-state index in [2.05, 4.69) is 10.3 Å². The number of carbonyl (C=O) groups is 1. The maximum Gasteiger partial charge on any atom is 0.501 e. The number of anilines is 1. The molecule has 0 spiro atoms. The van der Waals surface area contributed by atoms with Crippen LogP contribution in [0.2, 0.25) is 0 Å². The van der Waals surface area contributed by atoms with E-state index < -0.39 is 37.6 Å². The molecule has 0 aliphatic rings. The summed E-state index contributed by atoms with van der Waals surface area (Å²) >= 11 is 1.38. The molecule has 0 fully saturated rings. The van der Waals surface area contributed by atoms with E-state index in [1.165, 1.54) is 17.8 Å². The van der Waals surface area contributed by atoms with Crippen LogP contribution >= 0.6 is 11.8 Å². The number of carbonyl (C=O) groups excluding carboxylic acids is 1. The van der Waals surface area contributed by atoms with Gasteiger partial charge in [-0.05, 0) is 36.1 Å². The number of halogens is 3.